The molecule has 0 saturated carbocycles. The monoisotopic (exact) mass is 359 g/mol. The lowest BCUT2D eigenvalue weighted by Crippen LogP contribution is -2.32. The Morgan fingerprint density at radius 3 is 2.73 bits per heavy atom. The summed E-state index contributed by atoms with van der Waals surface area (Å²) in [5.74, 6) is 1.31. The molecule has 2 N–H and O–H groups in total. The highest BCUT2D eigenvalue weighted by atomic mass is 16.5. The number of nitrogens with zero attached hydrogens (tertiary/aromatic N) is 1. The number of likely N-dealkylation sites (tertiary alicyclic amines) is 1. The number of nitrogens with one attached hydrogen (secondary N) is 2. The first kappa shape index (κ1) is 18.7. The van der Waals surface area contributed by atoms with E-state index < -0.39 is 0 Å². The van der Waals surface area contributed by atoms with Gasteiger partial charge in [0.1, 0.15) is 5.75 Å². The molecule has 0 atom stereocenters. The molecule has 2 aliphatic heterocycles. The van der Waals surface area contributed by atoms with Crippen LogP contribution in [0, 0.1) is 5.92 Å². The number of anilines is 1. The van der Waals surface area contributed by atoms with E-state index in [0.29, 0.717) is 23.8 Å². The molecule has 0 unspecified atom stereocenters. The summed E-state index contributed by atoms with van der Waals surface area (Å²) in [6.07, 6.45) is 5.94. The van der Waals surface area contributed by atoms with Crippen LogP contribution in [0.3, 0.4) is 0 Å². The number of amides is 2. The van der Waals surface area contributed by atoms with Gasteiger partial charge in [-0.1, -0.05) is 6.07 Å². The van der Waals surface area contributed by atoms with Crippen LogP contribution in [0.4, 0.5) is 5.69 Å². The van der Waals surface area contributed by atoms with E-state index in [-0.39, 0.29) is 18.4 Å². The molecule has 0 aliphatic carbocycles. The van der Waals surface area contributed by atoms with E-state index >= 15 is 0 Å². The quantitative estimate of drug-likeness (QED) is 0.784. The minimum Gasteiger partial charge on any atom is -0.484 e. The largest absolute Gasteiger partial charge is 0.484 e. The topological polar surface area (TPSA) is 70.7 Å². The van der Waals surface area contributed by atoms with Crippen LogP contribution in [0.5, 0.6) is 5.75 Å². The summed E-state index contributed by atoms with van der Waals surface area (Å²) < 4.78 is 5.61. The van der Waals surface area contributed by atoms with Gasteiger partial charge in [0, 0.05) is 31.3 Å². The van der Waals surface area contributed by atoms with Crippen molar-refractivity contribution in [1.29, 1.82) is 0 Å². The van der Waals surface area contributed by atoms with Crippen LogP contribution in [0.2, 0.25) is 0 Å². The highest BCUT2D eigenvalue weighted by Gasteiger charge is 2.18. The Labute approximate surface area is 155 Å². The van der Waals surface area contributed by atoms with Crippen molar-refractivity contribution < 1.29 is 14.3 Å². The van der Waals surface area contributed by atoms with Gasteiger partial charge >= 0.3 is 0 Å². The Hall–Kier alpha value is -2.08. The summed E-state index contributed by atoms with van der Waals surface area (Å²) in [4.78, 5) is 26.1. The molecular formula is C20H29N3O3. The molecule has 3 rings (SSSR count). The predicted octanol–water partition coefficient (Wildman–Crippen LogP) is 2.41. The maximum Gasteiger partial charge on any atom is 0.260 e. The fourth-order valence-corrected chi connectivity index (χ4v) is 3.60. The van der Waals surface area contributed by atoms with Gasteiger partial charge in [0.2, 0.25) is 5.91 Å². The molecule has 0 spiro atoms. The molecule has 6 nitrogen and oxygen atoms in total. The lowest BCUT2D eigenvalue weighted by molar-refractivity contribution is -0.132. The minimum atomic E-state index is 0.0268. The number of benzene rings is 1. The maximum absolute atomic E-state index is 12.2. The van der Waals surface area contributed by atoms with E-state index in [4.69, 9.17) is 4.74 Å². The zero-order valence-corrected chi connectivity index (χ0v) is 15.3. The fourth-order valence-electron chi connectivity index (χ4n) is 3.60. The molecule has 2 aliphatic rings. The number of hydrogen-bond acceptors (Lipinski definition) is 4. The molecule has 2 saturated heterocycles. The second-order valence-electron chi connectivity index (χ2n) is 7.18. The lowest BCUT2D eigenvalue weighted by atomic mass is 9.93. The van der Waals surface area contributed by atoms with Crippen molar-refractivity contribution in [2.24, 2.45) is 5.92 Å². The van der Waals surface area contributed by atoms with Gasteiger partial charge in [0.05, 0.1) is 0 Å². The standard InChI is InChI=1S/C20H29N3O3/c24-19(7-6-16-8-10-21-11-9-16)22-17-4-3-5-18(14-17)26-15-20(25)23-12-1-2-13-23/h3-5,14,16,21H,1-2,6-13,15H2,(H,22,24). The maximum atomic E-state index is 12.2. The first-order valence-corrected chi connectivity index (χ1v) is 9.72. The Morgan fingerprint density at radius 1 is 1.19 bits per heavy atom. The van der Waals surface area contributed by atoms with Gasteiger partial charge in [0.25, 0.3) is 5.91 Å². The van der Waals surface area contributed by atoms with Crippen molar-refractivity contribution in [2.45, 2.75) is 38.5 Å². The summed E-state index contributed by atoms with van der Waals surface area (Å²) in [5, 5.41) is 6.28. The molecule has 6 heteroatoms. The van der Waals surface area contributed by atoms with Gasteiger partial charge in [-0.3, -0.25) is 9.59 Å². The van der Waals surface area contributed by atoms with Gasteiger partial charge in [-0.25, -0.2) is 0 Å². The summed E-state index contributed by atoms with van der Waals surface area (Å²) in [5.41, 5.74) is 0.714. The number of ether oxygens (including phenoxy) is 1. The number of rotatable bonds is 7. The average molecular weight is 359 g/mol. The first-order valence-electron chi connectivity index (χ1n) is 9.72. The molecule has 2 heterocycles. The van der Waals surface area contributed by atoms with E-state index in [0.717, 1.165) is 58.3 Å². The van der Waals surface area contributed by atoms with Crippen molar-refractivity contribution in [3.8, 4) is 5.75 Å². The van der Waals surface area contributed by atoms with Crippen LogP contribution in [0.1, 0.15) is 38.5 Å². The number of carbonyl (C=O) groups is 2. The van der Waals surface area contributed by atoms with Crippen molar-refractivity contribution >= 4 is 17.5 Å². The minimum absolute atomic E-state index is 0.0268. The van der Waals surface area contributed by atoms with Crippen molar-refractivity contribution in [1.82, 2.24) is 10.2 Å². The Balaban J connectivity index is 1.42. The van der Waals surface area contributed by atoms with Crippen LogP contribution < -0.4 is 15.4 Å². The molecule has 1 aromatic carbocycles. The molecule has 0 aromatic heterocycles. The fraction of sp³-hybridized carbons (Fsp3) is 0.600. The van der Waals surface area contributed by atoms with E-state index in [1.165, 1.54) is 0 Å². The van der Waals surface area contributed by atoms with Gasteiger partial charge in [0.15, 0.2) is 6.61 Å². The van der Waals surface area contributed by atoms with E-state index in [1.54, 1.807) is 6.07 Å². The van der Waals surface area contributed by atoms with Gasteiger partial charge in [-0.2, -0.15) is 0 Å². The summed E-state index contributed by atoms with van der Waals surface area (Å²) in [7, 11) is 0. The highest BCUT2D eigenvalue weighted by molar-refractivity contribution is 5.90. The number of carbonyl (C=O) groups excluding carboxylic acids is 2. The molecule has 2 fully saturated rings. The molecule has 2 amide bonds. The zero-order valence-electron chi connectivity index (χ0n) is 15.3. The third kappa shape index (κ3) is 5.73. The predicted molar refractivity (Wildman–Crippen MR) is 101 cm³/mol. The van der Waals surface area contributed by atoms with Crippen LogP contribution >= 0.6 is 0 Å². The Bertz CT molecular complexity index is 608. The third-order valence-corrected chi connectivity index (χ3v) is 5.18. The van der Waals surface area contributed by atoms with Crippen LogP contribution in [-0.2, 0) is 9.59 Å². The second kappa shape index (κ2) is 9.57. The SMILES string of the molecule is O=C(CCC1CCNCC1)Nc1cccc(OCC(=O)N2CCCC2)c1. The summed E-state index contributed by atoms with van der Waals surface area (Å²) >= 11 is 0. The second-order valence-corrected chi connectivity index (χ2v) is 7.18. The molecule has 1 aromatic rings. The highest BCUT2D eigenvalue weighted by Crippen LogP contribution is 2.20. The lowest BCUT2D eigenvalue weighted by Gasteiger charge is -2.22. The zero-order chi connectivity index (χ0) is 18.2. The van der Waals surface area contributed by atoms with Crippen LogP contribution in [-0.4, -0.2) is 49.5 Å². The summed E-state index contributed by atoms with van der Waals surface area (Å²) in [6.45, 7) is 3.82. The molecule has 0 radical (unpaired) electrons. The van der Waals surface area contributed by atoms with Gasteiger partial charge in [-0.05, 0) is 63.2 Å². The van der Waals surface area contributed by atoms with Crippen molar-refractivity contribution in [3.05, 3.63) is 24.3 Å². The third-order valence-electron chi connectivity index (χ3n) is 5.18. The Morgan fingerprint density at radius 2 is 1.96 bits per heavy atom. The van der Waals surface area contributed by atoms with Gasteiger partial charge in [-0.15, -0.1) is 0 Å². The smallest absolute Gasteiger partial charge is 0.260 e. The van der Waals surface area contributed by atoms with Crippen LogP contribution in [0.25, 0.3) is 0 Å². The van der Waals surface area contributed by atoms with Crippen molar-refractivity contribution in [3.63, 3.8) is 0 Å². The van der Waals surface area contributed by atoms with Crippen LogP contribution in [0.15, 0.2) is 24.3 Å². The number of hydrogen-bond donors (Lipinski definition) is 2. The van der Waals surface area contributed by atoms with E-state index in [2.05, 4.69) is 10.6 Å². The normalized spacial score (nSPS) is 17.9. The molecule has 26 heavy (non-hydrogen) atoms. The van der Waals surface area contributed by atoms with E-state index in [9.17, 15) is 9.59 Å². The Kier molecular flexibility index (Phi) is 6.89. The first-order chi connectivity index (χ1) is 12.7. The molecular weight excluding hydrogens is 330 g/mol. The molecule has 142 valence electrons. The molecule has 0 bridgehead atoms. The number of piperidine rings is 1. The average Bonchev–Trinajstić information content (AvgIpc) is 3.20. The van der Waals surface area contributed by atoms with Gasteiger partial charge < -0.3 is 20.3 Å². The summed E-state index contributed by atoms with van der Waals surface area (Å²) in [6, 6.07) is 7.26. The van der Waals surface area contributed by atoms with Crippen molar-refractivity contribution in [2.75, 3.05) is 38.1 Å². The van der Waals surface area contributed by atoms with E-state index in [1.807, 2.05) is 23.1 Å².